The molecule has 0 aliphatic heterocycles. The summed E-state index contributed by atoms with van der Waals surface area (Å²) in [5.41, 5.74) is 4.95. The lowest BCUT2D eigenvalue weighted by Gasteiger charge is -2.15. The summed E-state index contributed by atoms with van der Waals surface area (Å²) in [6, 6.07) is 22.8. The Balaban J connectivity index is 2.05. The largest absolute Gasteiger partial charge is 0.478 e. The second-order valence-electron chi connectivity index (χ2n) is 7.14. The molecule has 152 valence electrons. The summed E-state index contributed by atoms with van der Waals surface area (Å²) in [6.07, 6.45) is 2.83. The lowest BCUT2D eigenvalue weighted by molar-refractivity contribution is 0.0697. The third-order valence-corrected chi connectivity index (χ3v) is 5.02. The molecular weight excluding hydrogens is 374 g/mol. The van der Waals surface area contributed by atoms with E-state index >= 15 is 0 Å². The van der Waals surface area contributed by atoms with Crippen molar-refractivity contribution in [3.8, 4) is 28.3 Å². The van der Waals surface area contributed by atoms with Crippen molar-refractivity contribution in [2.45, 2.75) is 26.2 Å². The van der Waals surface area contributed by atoms with Crippen molar-refractivity contribution in [2.75, 3.05) is 13.2 Å². The summed E-state index contributed by atoms with van der Waals surface area (Å²) in [5, 5.41) is 19.2. The zero-order valence-electron chi connectivity index (χ0n) is 17.1. The number of carboxylic acids is 1. The number of unbranched alkanes of at least 4 members (excludes halogenated alkanes) is 1. The van der Waals surface area contributed by atoms with E-state index in [4.69, 9.17) is 4.74 Å². The minimum Gasteiger partial charge on any atom is -0.478 e. The van der Waals surface area contributed by atoms with Crippen molar-refractivity contribution < 1.29 is 14.6 Å². The maximum atomic E-state index is 12.0. The minimum atomic E-state index is -0.989. The number of nitrogens with zero attached hydrogens (tertiary/aromatic N) is 1. The van der Waals surface area contributed by atoms with Crippen LogP contribution in [0.2, 0.25) is 0 Å². The molecule has 0 fully saturated rings. The van der Waals surface area contributed by atoms with Gasteiger partial charge in [-0.25, -0.2) is 4.79 Å². The summed E-state index contributed by atoms with van der Waals surface area (Å²) >= 11 is 0. The fourth-order valence-corrected chi connectivity index (χ4v) is 3.40. The minimum absolute atomic E-state index is 0.220. The van der Waals surface area contributed by atoms with E-state index in [0.29, 0.717) is 24.2 Å². The van der Waals surface area contributed by atoms with Crippen molar-refractivity contribution >= 4 is 5.97 Å². The van der Waals surface area contributed by atoms with E-state index in [9.17, 15) is 15.2 Å². The van der Waals surface area contributed by atoms with Gasteiger partial charge in [0.2, 0.25) is 0 Å². The number of carbonyl (C=O) groups is 1. The summed E-state index contributed by atoms with van der Waals surface area (Å²) in [7, 11) is 0. The highest BCUT2D eigenvalue weighted by molar-refractivity contribution is 5.99. The Morgan fingerprint density at radius 2 is 1.77 bits per heavy atom. The number of benzene rings is 3. The molecule has 3 aromatic carbocycles. The quantitative estimate of drug-likeness (QED) is 0.451. The van der Waals surface area contributed by atoms with Crippen LogP contribution in [0.15, 0.2) is 66.7 Å². The van der Waals surface area contributed by atoms with Crippen molar-refractivity contribution in [1.82, 2.24) is 0 Å². The van der Waals surface area contributed by atoms with Crippen LogP contribution in [-0.2, 0) is 11.2 Å². The first-order chi connectivity index (χ1) is 14.6. The first-order valence-electron chi connectivity index (χ1n) is 10.2. The van der Waals surface area contributed by atoms with E-state index in [1.165, 1.54) is 0 Å². The van der Waals surface area contributed by atoms with Crippen LogP contribution in [-0.4, -0.2) is 24.3 Å². The second-order valence-corrected chi connectivity index (χ2v) is 7.14. The Morgan fingerprint density at radius 3 is 2.47 bits per heavy atom. The molecule has 0 heterocycles. The van der Waals surface area contributed by atoms with Gasteiger partial charge in [0.05, 0.1) is 23.8 Å². The van der Waals surface area contributed by atoms with Gasteiger partial charge in [-0.3, -0.25) is 0 Å². The van der Waals surface area contributed by atoms with Crippen LogP contribution in [0.3, 0.4) is 0 Å². The van der Waals surface area contributed by atoms with Gasteiger partial charge in [0, 0.05) is 6.61 Å². The highest BCUT2D eigenvalue weighted by Crippen LogP contribution is 2.35. The highest BCUT2D eigenvalue weighted by atomic mass is 16.5. The lowest BCUT2D eigenvalue weighted by atomic mass is 9.89. The third kappa shape index (κ3) is 5.14. The molecule has 0 radical (unpaired) electrons. The third-order valence-electron chi connectivity index (χ3n) is 5.02. The fourth-order valence-electron chi connectivity index (χ4n) is 3.40. The molecule has 0 saturated carbocycles. The smallest absolute Gasteiger partial charge is 0.336 e. The molecular formula is C26H25NO3. The predicted molar refractivity (Wildman–Crippen MR) is 118 cm³/mol. The second kappa shape index (κ2) is 10.4. The van der Waals surface area contributed by atoms with Crippen LogP contribution in [0.4, 0.5) is 0 Å². The van der Waals surface area contributed by atoms with Crippen LogP contribution >= 0.6 is 0 Å². The number of ether oxygens (including phenoxy) is 1. The number of nitriles is 1. The zero-order valence-corrected chi connectivity index (χ0v) is 17.1. The lowest BCUT2D eigenvalue weighted by Crippen LogP contribution is -2.04. The molecule has 3 rings (SSSR count). The number of hydrogen-bond acceptors (Lipinski definition) is 3. The molecule has 4 nitrogen and oxygen atoms in total. The van der Waals surface area contributed by atoms with Crippen LogP contribution in [0.25, 0.3) is 22.3 Å². The average molecular weight is 399 g/mol. The zero-order chi connectivity index (χ0) is 21.3. The first kappa shape index (κ1) is 21.3. The SMILES string of the molecule is CCCCOCCc1ccc(C(=O)O)c(-c2cc(C#N)ccc2-c2ccccc2)c1. The molecule has 0 bridgehead atoms. The number of aromatic carboxylic acids is 1. The van der Waals surface area contributed by atoms with E-state index in [1.54, 1.807) is 18.2 Å². The van der Waals surface area contributed by atoms with E-state index in [1.807, 2.05) is 48.5 Å². The maximum absolute atomic E-state index is 12.0. The Morgan fingerprint density at radius 1 is 0.967 bits per heavy atom. The molecule has 0 amide bonds. The molecule has 0 aliphatic rings. The number of carboxylic acid groups (broad SMARTS) is 1. The van der Waals surface area contributed by atoms with Crippen LogP contribution in [0.1, 0.15) is 41.3 Å². The number of rotatable bonds is 9. The van der Waals surface area contributed by atoms with Crippen LogP contribution in [0, 0.1) is 11.3 Å². The standard InChI is InChI=1S/C26H25NO3/c1-2-3-14-30-15-13-19-9-12-23(26(28)29)25(16-19)24-17-20(18-27)10-11-22(24)21-7-5-4-6-8-21/h4-12,16-17H,2-3,13-15H2,1H3,(H,28,29). The average Bonchev–Trinajstić information content (AvgIpc) is 2.79. The Labute approximate surface area is 177 Å². The highest BCUT2D eigenvalue weighted by Gasteiger charge is 2.17. The van der Waals surface area contributed by atoms with Gasteiger partial charge in [-0.1, -0.05) is 61.9 Å². The first-order valence-corrected chi connectivity index (χ1v) is 10.2. The predicted octanol–water partition coefficient (Wildman–Crippen LogP) is 5.95. The fraction of sp³-hybridized carbons (Fsp3) is 0.231. The Kier molecular flexibility index (Phi) is 7.37. The molecule has 0 aliphatic carbocycles. The molecule has 3 aromatic rings. The van der Waals surface area contributed by atoms with Gasteiger partial charge in [0.15, 0.2) is 0 Å². The molecule has 0 unspecified atom stereocenters. The van der Waals surface area contributed by atoms with E-state index in [2.05, 4.69) is 13.0 Å². The topological polar surface area (TPSA) is 70.3 Å². The van der Waals surface area contributed by atoms with E-state index < -0.39 is 5.97 Å². The molecule has 1 N–H and O–H groups in total. The molecule has 4 heteroatoms. The molecule has 0 saturated heterocycles. The van der Waals surface area contributed by atoms with Crippen molar-refractivity contribution in [3.63, 3.8) is 0 Å². The van der Waals surface area contributed by atoms with Crippen molar-refractivity contribution in [2.24, 2.45) is 0 Å². The molecule has 30 heavy (non-hydrogen) atoms. The van der Waals surface area contributed by atoms with Crippen molar-refractivity contribution in [3.05, 3.63) is 83.4 Å². The summed E-state index contributed by atoms with van der Waals surface area (Å²) in [5.74, 6) is -0.989. The van der Waals surface area contributed by atoms with Gasteiger partial charge in [-0.2, -0.15) is 5.26 Å². The van der Waals surface area contributed by atoms with Gasteiger partial charge in [-0.05, 0) is 58.9 Å². The van der Waals surface area contributed by atoms with E-state index in [0.717, 1.165) is 41.7 Å². The van der Waals surface area contributed by atoms with E-state index in [-0.39, 0.29) is 5.56 Å². The van der Waals surface area contributed by atoms with Gasteiger partial charge >= 0.3 is 5.97 Å². The molecule has 0 aromatic heterocycles. The normalized spacial score (nSPS) is 10.5. The van der Waals surface area contributed by atoms with Gasteiger partial charge in [0.1, 0.15) is 0 Å². The molecule has 0 spiro atoms. The van der Waals surface area contributed by atoms with Gasteiger partial charge < -0.3 is 9.84 Å². The summed E-state index contributed by atoms with van der Waals surface area (Å²) < 4.78 is 5.67. The monoisotopic (exact) mass is 399 g/mol. The maximum Gasteiger partial charge on any atom is 0.336 e. The Bertz CT molecular complexity index is 1050. The summed E-state index contributed by atoms with van der Waals surface area (Å²) in [4.78, 5) is 12.0. The van der Waals surface area contributed by atoms with Crippen LogP contribution in [0.5, 0.6) is 0 Å². The number of hydrogen-bond donors (Lipinski definition) is 1. The van der Waals surface area contributed by atoms with Crippen molar-refractivity contribution in [1.29, 1.82) is 5.26 Å². The summed E-state index contributed by atoms with van der Waals surface area (Å²) in [6.45, 7) is 3.45. The Hall–Kier alpha value is -3.42. The van der Waals surface area contributed by atoms with Gasteiger partial charge in [-0.15, -0.1) is 0 Å². The molecule has 0 atom stereocenters. The van der Waals surface area contributed by atoms with Gasteiger partial charge in [0.25, 0.3) is 0 Å². The van der Waals surface area contributed by atoms with Crippen LogP contribution < -0.4 is 0 Å².